The molecule has 4 rings (SSSR count). The number of aromatic nitrogens is 3. The molecule has 0 radical (unpaired) electrons. The third kappa shape index (κ3) is 10.4. The minimum atomic E-state index is -5.08. The second-order valence-corrected chi connectivity index (χ2v) is 10.4. The monoisotopic (exact) mass is 694 g/mol. The van der Waals surface area contributed by atoms with Crippen molar-refractivity contribution in [1.82, 2.24) is 25.2 Å². The minimum Gasteiger partial charge on any atom is -0.475 e. The summed E-state index contributed by atoms with van der Waals surface area (Å²) in [5.41, 5.74) is 2.43. The Hall–Kier alpha value is -5.75. The lowest BCUT2D eigenvalue weighted by molar-refractivity contribution is -0.192. The molecule has 0 bridgehead atoms. The van der Waals surface area contributed by atoms with Gasteiger partial charge in [-0.05, 0) is 56.4 Å². The molecule has 0 aliphatic heterocycles. The van der Waals surface area contributed by atoms with E-state index in [1.54, 1.807) is 38.2 Å². The van der Waals surface area contributed by atoms with E-state index in [0.717, 1.165) is 24.2 Å². The molecule has 1 aliphatic carbocycles. The molecule has 264 valence electrons. The maximum atomic E-state index is 13.6. The topological polar surface area (TPSA) is 208 Å². The molecule has 49 heavy (non-hydrogen) atoms. The van der Waals surface area contributed by atoms with Gasteiger partial charge in [-0.2, -0.15) is 18.3 Å². The summed E-state index contributed by atoms with van der Waals surface area (Å²) in [7, 11) is 0. The molecular formula is C30H33F3N6O10. The van der Waals surface area contributed by atoms with E-state index in [1.807, 2.05) is 6.92 Å². The number of esters is 1. The number of carbonyl (C=O) groups is 6. The number of ether oxygens (including phenoxy) is 3. The molecule has 2 aromatic heterocycles. The number of halogens is 3. The Kier molecular flexibility index (Phi) is 13.0. The molecule has 0 unspecified atom stereocenters. The molecule has 0 spiro atoms. The molecule has 16 nitrogen and oxygen atoms in total. The van der Waals surface area contributed by atoms with Crippen LogP contribution in [-0.4, -0.2) is 88.2 Å². The first-order valence-electron chi connectivity index (χ1n) is 14.7. The number of hydrogen-bond donors (Lipinski definition) is 3. The highest BCUT2D eigenvalue weighted by molar-refractivity contribution is 6.05. The van der Waals surface area contributed by atoms with Crippen LogP contribution in [0.2, 0.25) is 0 Å². The summed E-state index contributed by atoms with van der Waals surface area (Å²) in [6.45, 7) is 5.17. The van der Waals surface area contributed by atoms with Crippen molar-refractivity contribution in [2.24, 2.45) is 0 Å². The van der Waals surface area contributed by atoms with Crippen LogP contribution >= 0.6 is 0 Å². The molecule has 3 aromatic rings. The summed E-state index contributed by atoms with van der Waals surface area (Å²) in [5.74, 6) is -4.02. The number of rotatable bonds is 13. The first kappa shape index (κ1) is 37.7. The molecular weight excluding hydrogens is 661 g/mol. The zero-order valence-electron chi connectivity index (χ0n) is 26.5. The number of hydrogen-bond acceptors (Lipinski definition) is 11. The van der Waals surface area contributed by atoms with E-state index >= 15 is 0 Å². The first-order chi connectivity index (χ1) is 23.2. The van der Waals surface area contributed by atoms with Crippen LogP contribution < -0.4 is 15.5 Å². The molecule has 3 N–H and O–H groups in total. The van der Waals surface area contributed by atoms with E-state index in [-0.39, 0.29) is 48.9 Å². The summed E-state index contributed by atoms with van der Waals surface area (Å²) in [5, 5.41) is 17.1. The van der Waals surface area contributed by atoms with Gasteiger partial charge in [-0.1, -0.05) is 13.0 Å². The predicted molar refractivity (Wildman–Crippen MR) is 162 cm³/mol. The van der Waals surface area contributed by atoms with Crippen molar-refractivity contribution in [3.8, 4) is 0 Å². The fourth-order valence-corrected chi connectivity index (χ4v) is 4.13. The van der Waals surface area contributed by atoms with Gasteiger partial charge >= 0.3 is 24.2 Å². The van der Waals surface area contributed by atoms with Crippen LogP contribution in [0.4, 0.5) is 29.5 Å². The summed E-state index contributed by atoms with van der Waals surface area (Å²) in [4.78, 5) is 75.9. The van der Waals surface area contributed by atoms with Crippen LogP contribution in [-0.2, 0) is 28.6 Å². The number of carboxylic acid groups (broad SMARTS) is 1. The van der Waals surface area contributed by atoms with Gasteiger partial charge in [0.05, 0.1) is 17.7 Å². The Bertz CT molecular complexity index is 1710. The van der Waals surface area contributed by atoms with Crippen LogP contribution in [0.25, 0.3) is 5.52 Å². The Morgan fingerprint density at radius 2 is 1.82 bits per heavy atom. The van der Waals surface area contributed by atoms with Gasteiger partial charge in [0.1, 0.15) is 18.5 Å². The molecule has 1 fully saturated rings. The average Bonchev–Trinajstić information content (AvgIpc) is 3.80. The molecule has 1 aromatic carbocycles. The number of nitrogens with zero attached hydrogens (tertiary/aromatic N) is 4. The molecule has 3 amide bonds. The molecule has 2 heterocycles. The summed E-state index contributed by atoms with van der Waals surface area (Å²) in [6.07, 6.45) is -0.945. The van der Waals surface area contributed by atoms with E-state index in [0.29, 0.717) is 34.3 Å². The van der Waals surface area contributed by atoms with Crippen molar-refractivity contribution >= 4 is 53.3 Å². The number of carbonyl (C=O) groups excluding carboxylic acids is 5. The lowest BCUT2D eigenvalue weighted by Crippen LogP contribution is -2.31. The third-order valence-electron chi connectivity index (χ3n) is 6.74. The Morgan fingerprint density at radius 3 is 2.43 bits per heavy atom. The van der Waals surface area contributed by atoms with Crippen molar-refractivity contribution < 1.29 is 61.3 Å². The summed E-state index contributed by atoms with van der Waals surface area (Å²) < 4.78 is 47.9. The van der Waals surface area contributed by atoms with E-state index in [4.69, 9.17) is 19.4 Å². The maximum Gasteiger partial charge on any atom is 0.490 e. The van der Waals surface area contributed by atoms with E-state index in [9.17, 15) is 37.1 Å². The minimum absolute atomic E-state index is 0.0793. The lowest BCUT2D eigenvalue weighted by atomic mass is 10.1. The van der Waals surface area contributed by atoms with Crippen LogP contribution in [0.3, 0.4) is 0 Å². The largest absolute Gasteiger partial charge is 0.490 e. The lowest BCUT2D eigenvalue weighted by Gasteiger charge is -2.24. The Balaban J connectivity index is 0.000000838. The number of anilines is 2. The fraction of sp³-hybridized carbons (Fsp3) is 0.400. The van der Waals surface area contributed by atoms with Crippen LogP contribution in [0.5, 0.6) is 0 Å². The van der Waals surface area contributed by atoms with Gasteiger partial charge in [0.25, 0.3) is 18.3 Å². The molecule has 19 heteroatoms. The van der Waals surface area contributed by atoms with Gasteiger partial charge in [-0.3, -0.25) is 19.2 Å². The number of amides is 3. The Morgan fingerprint density at radius 1 is 1.12 bits per heavy atom. The second kappa shape index (κ2) is 16.9. The number of alkyl halides is 3. The zero-order chi connectivity index (χ0) is 36.3. The number of aliphatic carboxylic acids is 1. The van der Waals surface area contributed by atoms with Gasteiger partial charge in [-0.25, -0.2) is 24.0 Å². The molecule has 0 atom stereocenters. The summed E-state index contributed by atoms with van der Waals surface area (Å²) in [6, 6.07) is 5.01. The van der Waals surface area contributed by atoms with Gasteiger partial charge in [-0.15, -0.1) is 0 Å². The van der Waals surface area contributed by atoms with E-state index in [2.05, 4.69) is 25.5 Å². The number of aryl methyl sites for hydroxylation is 2. The Labute approximate surface area is 276 Å². The average molecular weight is 695 g/mol. The second-order valence-electron chi connectivity index (χ2n) is 10.4. The predicted octanol–water partition coefficient (Wildman–Crippen LogP) is 3.35. The fourth-order valence-electron chi connectivity index (χ4n) is 4.13. The number of fused-ring (bicyclic) bond motifs is 1. The quantitative estimate of drug-likeness (QED) is 0.102. The standard InChI is InChI=1S/C28H32N6O8.C2HF3O2/c1-4-10-29-27(38)21-13-33-24(18(21)3)25(30-14-31-33)34(28(39)42-16-41-23(36)9-11-40-15-35)22-12-19(6-5-17(22)2)26(37)32-20-7-8-20;3-2(4,5)1(6)7/h5-6,12-15,20H,4,7-11,16H2,1-3H3,(H,29,38)(H,32,37);(H,6,7). The first-order valence-corrected chi connectivity index (χ1v) is 14.7. The SMILES string of the molecule is CCCNC(=O)c1cn2ncnc(N(C(=O)OCOC(=O)CCOC=O)c3cc(C(=O)NC4CC4)ccc3C)c2c1C.O=C(O)C(F)(F)F. The van der Waals surface area contributed by atoms with Crippen molar-refractivity contribution in [2.75, 3.05) is 24.8 Å². The number of nitrogens with one attached hydrogen (secondary N) is 2. The van der Waals surface area contributed by atoms with Crippen molar-refractivity contribution in [3.05, 3.63) is 53.0 Å². The highest BCUT2D eigenvalue weighted by Gasteiger charge is 2.38. The highest BCUT2D eigenvalue weighted by atomic mass is 19.4. The van der Waals surface area contributed by atoms with Gasteiger partial charge in [0, 0.05) is 24.3 Å². The third-order valence-corrected chi connectivity index (χ3v) is 6.74. The zero-order valence-corrected chi connectivity index (χ0v) is 26.5. The van der Waals surface area contributed by atoms with Crippen molar-refractivity contribution in [2.45, 2.75) is 58.7 Å². The molecule has 0 saturated heterocycles. The van der Waals surface area contributed by atoms with Gasteiger partial charge in [0.15, 0.2) is 5.82 Å². The van der Waals surface area contributed by atoms with Crippen molar-refractivity contribution in [1.29, 1.82) is 0 Å². The van der Waals surface area contributed by atoms with Crippen LogP contribution in [0.15, 0.2) is 30.7 Å². The van der Waals surface area contributed by atoms with Gasteiger partial charge < -0.3 is 30.0 Å². The molecule has 1 saturated carbocycles. The van der Waals surface area contributed by atoms with Crippen LogP contribution in [0, 0.1) is 13.8 Å². The number of carboxylic acids is 1. The smallest absolute Gasteiger partial charge is 0.475 e. The summed E-state index contributed by atoms with van der Waals surface area (Å²) >= 11 is 0. The van der Waals surface area contributed by atoms with E-state index < -0.39 is 31.0 Å². The normalized spacial score (nSPS) is 12.2. The van der Waals surface area contributed by atoms with Gasteiger partial charge in [0.2, 0.25) is 6.79 Å². The van der Waals surface area contributed by atoms with E-state index in [1.165, 1.54) is 10.8 Å². The number of benzene rings is 1. The highest BCUT2D eigenvalue weighted by Crippen LogP contribution is 2.34. The maximum absolute atomic E-state index is 13.6. The molecule has 1 aliphatic rings. The van der Waals surface area contributed by atoms with Crippen molar-refractivity contribution in [3.63, 3.8) is 0 Å². The van der Waals surface area contributed by atoms with Crippen LogP contribution in [0.1, 0.15) is 64.4 Å².